The number of hydrogen-bond donors (Lipinski definition) is 2. The molecule has 0 radical (unpaired) electrons. The summed E-state index contributed by atoms with van der Waals surface area (Å²) in [5.41, 5.74) is 6.12. The molecule has 0 atom stereocenters. The zero-order valence-electron chi connectivity index (χ0n) is 9.99. The summed E-state index contributed by atoms with van der Waals surface area (Å²) >= 11 is 5.73. The third-order valence-electron chi connectivity index (χ3n) is 2.58. The maximum atomic E-state index is 11.5. The minimum atomic E-state index is -3.16. The molecule has 0 saturated heterocycles. The second-order valence-electron chi connectivity index (χ2n) is 4.46. The highest BCUT2D eigenvalue weighted by atomic mass is 35.5. The van der Waals surface area contributed by atoms with Gasteiger partial charge in [-0.25, -0.2) is 13.4 Å². The molecule has 1 aromatic rings. The molecular weight excluding hydrogens is 262 g/mol. The summed E-state index contributed by atoms with van der Waals surface area (Å²) in [5.74, 6) is 0.397. The van der Waals surface area contributed by atoms with E-state index in [0.29, 0.717) is 16.7 Å². The van der Waals surface area contributed by atoms with E-state index in [4.69, 9.17) is 17.3 Å². The number of aromatic nitrogens is 1. The molecule has 3 N–H and O–H groups in total. The molecule has 0 aliphatic carbocycles. The van der Waals surface area contributed by atoms with Crippen LogP contribution in [0.25, 0.3) is 0 Å². The van der Waals surface area contributed by atoms with Gasteiger partial charge in [0.1, 0.15) is 5.15 Å². The minimum Gasteiger partial charge on any atom is -0.396 e. The molecule has 17 heavy (non-hydrogen) atoms. The first-order chi connectivity index (χ1) is 7.63. The predicted octanol–water partition coefficient (Wildman–Crippen LogP) is 1.55. The molecule has 0 bridgehead atoms. The highest BCUT2D eigenvalue weighted by Crippen LogP contribution is 2.21. The van der Waals surface area contributed by atoms with Crippen molar-refractivity contribution < 1.29 is 8.42 Å². The van der Waals surface area contributed by atoms with Gasteiger partial charge in [0.25, 0.3) is 0 Å². The molecule has 7 heteroatoms. The quantitative estimate of drug-likeness (QED) is 0.816. The number of nitrogens with two attached hydrogens (primary N) is 1. The van der Waals surface area contributed by atoms with Gasteiger partial charge in [0.2, 0.25) is 0 Å². The number of nitrogens with zero attached hydrogens (tertiary/aromatic N) is 1. The molecule has 1 heterocycles. The van der Waals surface area contributed by atoms with Crippen LogP contribution in [0.1, 0.15) is 13.8 Å². The first-order valence-electron chi connectivity index (χ1n) is 4.99. The third-order valence-corrected chi connectivity index (χ3v) is 4.94. The Hall–Kier alpha value is -1.01. The van der Waals surface area contributed by atoms with E-state index < -0.39 is 14.6 Å². The molecule has 0 saturated carbocycles. The SMILES string of the molecule is CC(C)(CNc1nc(Cl)ccc1N)S(C)(=O)=O. The average Bonchev–Trinajstić information content (AvgIpc) is 2.18. The van der Waals surface area contributed by atoms with Crippen LogP contribution in [0.15, 0.2) is 12.1 Å². The van der Waals surface area contributed by atoms with Crippen LogP contribution in [0.4, 0.5) is 11.5 Å². The van der Waals surface area contributed by atoms with Crippen LogP contribution >= 0.6 is 11.6 Å². The van der Waals surface area contributed by atoms with Crippen molar-refractivity contribution in [3.05, 3.63) is 17.3 Å². The van der Waals surface area contributed by atoms with E-state index in [1.165, 1.54) is 6.26 Å². The van der Waals surface area contributed by atoms with Crippen LogP contribution < -0.4 is 11.1 Å². The smallest absolute Gasteiger partial charge is 0.154 e. The first-order valence-corrected chi connectivity index (χ1v) is 7.26. The second kappa shape index (κ2) is 4.70. The number of nitrogen functional groups attached to an aromatic ring is 1. The maximum Gasteiger partial charge on any atom is 0.154 e. The molecule has 0 aliphatic heterocycles. The Kier molecular flexibility index (Phi) is 3.88. The van der Waals surface area contributed by atoms with Crippen LogP contribution in [-0.2, 0) is 9.84 Å². The minimum absolute atomic E-state index is 0.212. The van der Waals surface area contributed by atoms with E-state index in [0.717, 1.165) is 0 Å². The molecule has 1 rings (SSSR count). The van der Waals surface area contributed by atoms with Gasteiger partial charge in [-0.3, -0.25) is 0 Å². The Morgan fingerprint density at radius 2 is 2.06 bits per heavy atom. The number of halogens is 1. The largest absolute Gasteiger partial charge is 0.396 e. The molecule has 0 spiro atoms. The topological polar surface area (TPSA) is 85.1 Å². The lowest BCUT2D eigenvalue weighted by molar-refractivity contribution is 0.559. The van der Waals surface area contributed by atoms with Crippen LogP contribution in [0, 0.1) is 0 Å². The lowest BCUT2D eigenvalue weighted by Crippen LogP contribution is -2.38. The molecule has 0 fully saturated rings. The van der Waals surface area contributed by atoms with Gasteiger partial charge in [-0.15, -0.1) is 0 Å². The van der Waals surface area contributed by atoms with Gasteiger partial charge in [-0.1, -0.05) is 11.6 Å². The van der Waals surface area contributed by atoms with Crippen molar-refractivity contribution in [2.45, 2.75) is 18.6 Å². The van der Waals surface area contributed by atoms with E-state index in [1.54, 1.807) is 26.0 Å². The molecule has 0 aliphatic rings. The fraction of sp³-hybridized carbons (Fsp3) is 0.500. The van der Waals surface area contributed by atoms with E-state index in [1.807, 2.05) is 0 Å². The molecule has 0 amide bonds. The van der Waals surface area contributed by atoms with Crippen molar-refractivity contribution in [2.24, 2.45) is 0 Å². The van der Waals surface area contributed by atoms with Crippen LogP contribution in [0.2, 0.25) is 5.15 Å². The summed E-state index contributed by atoms with van der Waals surface area (Å²) < 4.78 is 22.1. The van der Waals surface area contributed by atoms with Gasteiger partial charge in [0.15, 0.2) is 15.7 Å². The van der Waals surface area contributed by atoms with Gasteiger partial charge >= 0.3 is 0 Å². The van der Waals surface area contributed by atoms with Gasteiger partial charge in [-0.05, 0) is 26.0 Å². The normalized spacial score (nSPS) is 12.5. The van der Waals surface area contributed by atoms with Crippen molar-refractivity contribution in [2.75, 3.05) is 23.9 Å². The summed E-state index contributed by atoms with van der Waals surface area (Å²) in [5, 5.41) is 3.21. The van der Waals surface area contributed by atoms with Crippen molar-refractivity contribution >= 4 is 32.9 Å². The van der Waals surface area contributed by atoms with Gasteiger partial charge in [-0.2, -0.15) is 0 Å². The Labute approximate surface area is 106 Å². The summed E-state index contributed by atoms with van der Waals surface area (Å²) in [6, 6.07) is 3.19. The summed E-state index contributed by atoms with van der Waals surface area (Å²) in [7, 11) is -3.16. The van der Waals surface area contributed by atoms with Crippen molar-refractivity contribution in [1.82, 2.24) is 4.98 Å². The predicted molar refractivity (Wildman–Crippen MR) is 71.1 cm³/mol. The molecule has 0 aromatic carbocycles. The van der Waals surface area contributed by atoms with Gasteiger partial charge < -0.3 is 11.1 Å². The Balaban J connectivity index is 2.84. The van der Waals surface area contributed by atoms with Crippen molar-refractivity contribution in [3.63, 3.8) is 0 Å². The summed E-state index contributed by atoms with van der Waals surface area (Å²) in [6.45, 7) is 3.48. The van der Waals surface area contributed by atoms with Gasteiger partial charge in [0, 0.05) is 12.8 Å². The molecule has 96 valence electrons. The lowest BCUT2D eigenvalue weighted by atomic mass is 10.2. The fourth-order valence-electron chi connectivity index (χ4n) is 1.02. The Morgan fingerprint density at radius 3 is 2.59 bits per heavy atom. The Morgan fingerprint density at radius 1 is 1.47 bits per heavy atom. The number of nitrogens with one attached hydrogen (secondary N) is 1. The lowest BCUT2D eigenvalue weighted by Gasteiger charge is -2.23. The molecule has 5 nitrogen and oxygen atoms in total. The number of sulfone groups is 1. The van der Waals surface area contributed by atoms with Gasteiger partial charge in [0.05, 0.1) is 10.4 Å². The highest BCUT2D eigenvalue weighted by molar-refractivity contribution is 7.92. The van der Waals surface area contributed by atoms with Crippen molar-refractivity contribution in [1.29, 1.82) is 0 Å². The zero-order chi connectivity index (χ0) is 13.3. The Bertz CT molecular complexity index is 514. The first kappa shape index (κ1) is 14.1. The maximum absolute atomic E-state index is 11.5. The van der Waals surface area contributed by atoms with Crippen LogP contribution in [-0.4, -0.2) is 30.9 Å². The zero-order valence-corrected chi connectivity index (χ0v) is 11.6. The average molecular weight is 278 g/mol. The third kappa shape index (κ3) is 3.47. The van der Waals surface area contributed by atoms with Crippen molar-refractivity contribution in [3.8, 4) is 0 Å². The van der Waals surface area contributed by atoms with Crippen LogP contribution in [0.3, 0.4) is 0 Å². The summed E-state index contributed by atoms with van der Waals surface area (Å²) in [4.78, 5) is 3.99. The highest BCUT2D eigenvalue weighted by Gasteiger charge is 2.30. The molecular formula is C10H16ClN3O2S. The number of rotatable bonds is 4. The van der Waals surface area contributed by atoms with E-state index in [2.05, 4.69) is 10.3 Å². The number of pyridine rings is 1. The fourth-order valence-corrected chi connectivity index (χ4v) is 1.50. The van der Waals surface area contributed by atoms with E-state index in [9.17, 15) is 8.42 Å². The number of anilines is 2. The number of hydrogen-bond acceptors (Lipinski definition) is 5. The molecule has 0 unspecified atom stereocenters. The van der Waals surface area contributed by atoms with E-state index >= 15 is 0 Å². The van der Waals surface area contributed by atoms with E-state index in [-0.39, 0.29) is 6.54 Å². The molecule has 1 aromatic heterocycles. The van der Waals surface area contributed by atoms with Crippen LogP contribution in [0.5, 0.6) is 0 Å². The standard InChI is InChI=1S/C10H16ClN3O2S/c1-10(2,17(3,15)16)6-13-9-7(12)4-5-8(11)14-9/h4-5H,6,12H2,1-3H3,(H,13,14). The summed E-state index contributed by atoms with van der Waals surface area (Å²) in [6.07, 6.45) is 1.20. The monoisotopic (exact) mass is 277 g/mol. The second-order valence-corrected chi connectivity index (χ2v) is 7.49.